The first-order chi connectivity index (χ1) is 11.6. The number of aromatic nitrogens is 2. The summed E-state index contributed by atoms with van der Waals surface area (Å²) in [5.41, 5.74) is 0.844. The van der Waals surface area contributed by atoms with Crippen molar-refractivity contribution >= 4 is 16.7 Å². The number of nitro benzene ring substituents is 1. The number of benzene rings is 2. The number of nitro groups is 1. The quantitative estimate of drug-likeness (QED) is 0.450. The average Bonchev–Trinajstić information content (AvgIpc) is 3.21. The maximum Gasteiger partial charge on any atom is 0.283 e. The first kappa shape index (κ1) is 13.9. The molecule has 0 aliphatic carbocycles. The molecule has 0 bridgehead atoms. The van der Waals surface area contributed by atoms with Crippen molar-refractivity contribution in [3.8, 4) is 28.9 Å². The zero-order valence-electron chi connectivity index (χ0n) is 12.0. The van der Waals surface area contributed by atoms with Crippen LogP contribution in [0.25, 0.3) is 34.1 Å². The number of aromatic hydroxyl groups is 1. The molecule has 4 rings (SSSR count). The van der Waals surface area contributed by atoms with Crippen LogP contribution in [0.3, 0.4) is 0 Å². The van der Waals surface area contributed by atoms with Crippen LogP contribution in [-0.2, 0) is 0 Å². The highest BCUT2D eigenvalue weighted by molar-refractivity contribution is 5.83. The second-order valence-corrected chi connectivity index (χ2v) is 5.02. The summed E-state index contributed by atoms with van der Waals surface area (Å²) < 4.78 is 11.1. The number of furan rings is 1. The van der Waals surface area contributed by atoms with E-state index in [1.54, 1.807) is 24.3 Å². The lowest BCUT2D eigenvalue weighted by Crippen LogP contribution is -1.85. The normalized spacial score (nSPS) is 11.0. The van der Waals surface area contributed by atoms with Crippen LogP contribution in [-0.4, -0.2) is 20.2 Å². The zero-order valence-corrected chi connectivity index (χ0v) is 12.0. The summed E-state index contributed by atoms with van der Waals surface area (Å²) in [7, 11) is 0. The van der Waals surface area contributed by atoms with Crippen molar-refractivity contribution in [3.05, 3.63) is 58.6 Å². The van der Waals surface area contributed by atoms with E-state index in [-0.39, 0.29) is 23.2 Å². The lowest BCUT2D eigenvalue weighted by Gasteiger charge is -1.96. The van der Waals surface area contributed by atoms with Gasteiger partial charge in [-0.2, -0.15) is 0 Å². The van der Waals surface area contributed by atoms with Crippen LogP contribution in [0.2, 0.25) is 0 Å². The molecule has 2 heterocycles. The molecule has 8 nitrogen and oxygen atoms in total. The van der Waals surface area contributed by atoms with Gasteiger partial charge in [-0.05, 0) is 24.3 Å². The van der Waals surface area contributed by atoms with Gasteiger partial charge in [0.25, 0.3) is 17.5 Å². The van der Waals surface area contributed by atoms with Crippen LogP contribution < -0.4 is 0 Å². The Morgan fingerprint density at radius 1 is 1.00 bits per heavy atom. The lowest BCUT2D eigenvalue weighted by molar-refractivity contribution is -0.384. The van der Waals surface area contributed by atoms with Gasteiger partial charge in [-0.3, -0.25) is 10.1 Å². The van der Waals surface area contributed by atoms with Gasteiger partial charge in [0.2, 0.25) is 0 Å². The van der Waals surface area contributed by atoms with Crippen molar-refractivity contribution in [2.24, 2.45) is 0 Å². The van der Waals surface area contributed by atoms with Crippen LogP contribution in [0.5, 0.6) is 5.75 Å². The van der Waals surface area contributed by atoms with Gasteiger partial charge in [-0.25, -0.2) is 0 Å². The fraction of sp³-hybridized carbons (Fsp3) is 0. The summed E-state index contributed by atoms with van der Waals surface area (Å²) in [6.07, 6.45) is 0. The topological polar surface area (TPSA) is 115 Å². The number of hydrogen-bond donors (Lipinski definition) is 1. The summed E-state index contributed by atoms with van der Waals surface area (Å²) in [6.45, 7) is 0. The van der Waals surface area contributed by atoms with Crippen molar-refractivity contribution in [3.63, 3.8) is 0 Å². The second-order valence-electron chi connectivity index (χ2n) is 5.02. The van der Waals surface area contributed by atoms with E-state index in [1.807, 2.05) is 0 Å². The molecule has 0 fully saturated rings. The van der Waals surface area contributed by atoms with E-state index >= 15 is 0 Å². The molecule has 2 aromatic heterocycles. The van der Waals surface area contributed by atoms with Gasteiger partial charge in [-0.1, -0.05) is 12.1 Å². The van der Waals surface area contributed by atoms with Crippen molar-refractivity contribution in [1.82, 2.24) is 10.2 Å². The summed E-state index contributed by atoms with van der Waals surface area (Å²) in [6, 6.07) is 12.4. The van der Waals surface area contributed by atoms with E-state index in [2.05, 4.69) is 10.2 Å². The predicted octanol–water partition coefficient (Wildman–Crippen LogP) is 3.76. The molecule has 118 valence electrons. The Hall–Kier alpha value is -3.68. The minimum absolute atomic E-state index is 0.0212. The molecule has 4 aromatic rings. The summed E-state index contributed by atoms with van der Waals surface area (Å²) in [5.74, 6) is 0.578. The molecule has 0 radical (unpaired) electrons. The summed E-state index contributed by atoms with van der Waals surface area (Å²) in [5, 5.41) is 29.0. The number of rotatable bonds is 3. The third-order valence-electron chi connectivity index (χ3n) is 3.48. The molecule has 24 heavy (non-hydrogen) atoms. The van der Waals surface area contributed by atoms with Crippen molar-refractivity contribution in [1.29, 1.82) is 0 Å². The first-order valence-electron chi connectivity index (χ1n) is 6.92. The first-order valence-corrected chi connectivity index (χ1v) is 6.92. The average molecular weight is 323 g/mol. The molecule has 0 saturated heterocycles. The number of non-ortho nitro benzene ring substituents is 1. The fourth-order valence-corrected chi connectivity index (χ4v) is 2.34. The summed E-state index contributed by atoms with van der Waals surface area (Å²) >= 11 is 0. The van der Waals surface area contributed by atoms with E-state index in [0.717, 1.165) is 0 Å². The Kier molecular flexibility index (Phi) is 3.02. The number of para-hydroxylation sites is 1. The van der Waals surface area contributed by atoms with E-state index in [9.17, 15) is 15.2 Å². The number of hydrogen-bond acceptors (Lipinski definition) is 7. The number of phenolic OH excluding ortho intramolecular Hbond substituents is 1. The second kappa shape index (κ2) is 5.20. The smallest absolute Gasteiger partial charge is 0.283 e. The fourth-order valence-electron chi connectivity index (χ4n) is 2.34. The van der Waals surface area contributed by atoms with Crippen LogP contribution in [0.1, 0.15) is 0 Å². The van der Waals surface area contributed by atoms with Gasteiger partial charge in [0, 0.05) is 17.5 Å². The third-order valence-corrected chi connectivity index (χ3v) is 3.48. The SMILES string of the molecule is O=[N+]([O-])c1ccc2oc(-c3nnc(-c4ccccc4O)o3)cc2c1. The molecule has 0 atom stereocenters. The van der Waals surface area contributed by atoms with Crippen molar-refractivity contribution in [2.75, 3.05) is 0 Å². The highest BCUT2D eigenvalue weighted by Gasteiger charge is 2.17. The minimum Gasteiger partial charge on any atom is -0.507 e. The molecule has 0 amide bonds. The van der Waals surface area contributed by atoms with Gasteiger partial charge < -0.3 is 13.9 Å². The van der Waals surface area contributed by atoms with Crippen molar-refractivity contribution in [2.45, 2.75) is 0 Å². The zero-order chi connectivity index (χ0) is 16.7. The van der Waals surface area contributed by atoms with Gasteiger partial charge in [0.1, 0.15) is 11.3 Å². The van der Waals surface area contributed by atoms with Gasteiger partial charge in [0.05, 0.1) is 10.5 Å². The van der Waals surface area contributed by atoms with Crippen molar-refractivity contribution < 1.29 is 18.9 Å². The van der Waals surface area contributed by atoms with Gasteiger partial charge in [-0.15, -0.1) is 10.2 Å². The molecule has 0 spiro atoms. The highest BCUT2D eigenvalue weighted by Crippen LogP contribution is 2.33. The Bertz CT molecular complexity index is 1070. The number of phenols is 1. The highest BCUT2D eigenvalue weighted by atomic mass is 16.6. The maximum absolute atomic E-state index is 10.8. The van der Waals surface area contributed by atoms with Crippen LogP contribution in [0.15, 0.2) is 57.4 Å². The van der Waals surface area contributed by atoms with E-state index in [4.69, 9.17) is 8.83 Å². The Morgan fingerprint density at radius 2 is 1.79 bits per heavy atom. The number of nitrogens with zero attached hydrogens (tertiary/aromatic N) is 3. The van der Waals surface area contributed by atoms with Gasteiger partial charge in [0.15, 0.2) is 5.76 Å². The standard InChI is InChI=1S/C16H9N3O5/c20-12-4-2-1-3-11(12)15-17-18-16(24-15)14-8-9-7-10(19(21)22)5-6-13(9)23-14/h1-8,20H. The van der Waals surface area contributed by atoms with E-state index in [0.29, 0.717) is 22.3 Å². The molecule has 1 N–H and O–H groups in total. The molecule has 0 unspecified atom stereocenters. The van der Waals surface area contributed by atoms with E-state index in [1.165, 1.54) is 24.3 Å². The molecule has 8 heteroatoms. The van der Waals surface area contributed by atoms with Crippen LogP contribution in [0, 0.1) is 10.1 Å². The molecule has 0 aliphatic heterocycles. The Labute approximate surface area is 134 Å². The Balaban J connectivity index is 1.76. The predicted molar refractivity (Wildman–Crippen MR) is 83.3 cm³/mol. The van der Waals surface area contributed by atoms with Crippen LogP contribution >= 0.6 is 0 Å². The minimum atomic E-state index is -0.477. The monoisotopic (exact) mass is 323 g/mol. The van der Waals surface area contributed by atoms with Gasteiger partial charge >= 0.3 is 0 Å². The molecular formula is C16H9N3O5. The molecule has 2 aromatic carbocycles. The molecular weight excluding hydrogens is 314 g/mol. The number of fused-ring (bicyclic) bond motifs is 1. The largest absolute Gasteiger partial charge is 0.507 e. The molecule has 0 saturated carbocycles. The third kappa shape index (κ3) is 2.26. The molecule has 0 aliphatic rings. The van der Waals surface area contributed by atoms with E-state index < -0.39 is 4.92 Å². The Morgan fingerprint density at radius 3 is 2.58 bits per heavy atom. The van der Waals surface area contributed by atoms with Crippen LogP contribution in [0.4, 0.5) is 5.69 Å². The maximum atomic E-state index is 10.8. The lowest BCUT2D eigenvalue weighted by atomic mass is 10.2. The summed E-state index contributed by atoms with van der Waals surface area (Å²) in [4.78, 5) is 10.3.